The molecule has 1 fully saturated rings. The molecule has 2 aromatic rings. The molecule has 0 saturated heterocycles. The van der Waals surface area contributed by atoms with Crippen LogP contribution in [0.5, 0.6) is 5.75 Å². The van der Waals surface area contributed by atoms with Crippen molar-refractivity contribution < 1.29 is 33.7 Å². The van der Waals surface area contributed by atoms with E-state index < -0.39 is 40.7 Å². The molecule has 1 aromatic carbocycles. The van der Waals surface area contributed by atoms with Gasteiger partial charge in [0.1, 0.15) is 17.9 Å². The number of aliphatic hydroxyl groups is 2. The monoisotopic (exact) mass is 402 g/mol. The minimum Gasteiger partial charge on any atom is -0.478 e. The highest BCUT2D eigenvalue weighted by Gasteiger charge is 2.65. The molecule has 1 aromatic heterocycles. The lowest BCUT2D eigenvalue weighted by atomic mass is 9.84. The number of fused-ring (bicyclic) bond motifs is 2. The van der Waals surface area contributed by atoms with Gasteiger partial charge in [-0.05, 0) is 26.0 Å². The number of Topliss-reactive ketones (excluding diaryl/α,β-unsaturated/α-hetero) is 1. The maximum atomic E-state index is 13.5. The van der Waals surface area contributed by atoms with Gasteiger partial charge in [0.2, 0.25) is 5.78 Å². The van der Waals surface area contributed by atoms with Crippen molar-refractivity contribution in [3.63, 3.8) is 0 Å². The fourth-order valence-corrected chi connectivity index (χ4v) is 4.47. The van der Waals surface area contributed by atoms with Crippen LogP contribution in [0.15, 0.2) is 33.5 Å². The summed E-state index contributed by atoms with van der Waals surface area (Å²) in [5.74, 6) is -2.21. The lowest BCUT2D eigenvalue weighted by Crippen LogP contribution is -2.48. The van der Waals surface area contributed by atoms with E-state index in [-0.39, 0.29) is 30.1 Å². The number of esters is 1. The maximum Gasteiger partial charge on any atom is 0.336 e. The maximum absolute atomic E-state index is 13.5. The number of hydrogen-bond acceptors (Lipinski definition) is 8. The Labute approximate surface area is 166 Å². The van der Waals surface area contributed by atoms with Crippen LogP contribution in [0, 0.1) is 11.8 Å². The number of benzene rings is 1. The molecule has 154 valence electrons. The van der Waals surface area contributed by atoms with E-state index in [0.717, 1.165) is 0 Å². The van der Waals surface area contributed by atoms with Crippen LogP contribution in [0.2, 0.25) is 0 Å². The summed E-state index contributed by atoms with van der Waals surface area (Å²) in [5, 5.41) is 22.0. The van der Waals surface area contributed by atoms with Gasteiger partial charge in [-0.2, -0.15) is 0 Å². The molecule has 29 heavy (non-hydrogen) atoms. The number of rotatable bonds is 3. The summed E-state index contributed by atoms with van der Waals surface area (Å²) >= 11 is 0. The third-order valence-corrected chi connectivity index (χ3v) is 5.96. The van der Waals surface area contributed by atoms with Crippen LogP contribution in [0.1, 0.15) is 37.6 Å². The highest BCUT2D eigenvalue weighted by molar-refractivity contribution is 6.10. The SMILES string of the molecule is CC(=O)OC[C@H]1[C@H](O)[C@@H](C(C)(C)O)C[C@@]12Oc1cc3oc(=O)ccc3cc1C2=O. The Morgan fingerprint density at radius 2 is 2.03 bits per heavy atom. The second-order valence-corrected chi connectivity index (χ2v) is 8.33. The van der Waals surface area contributed by atoms with E-state index in [1.165, 1.54) is 19.1 Å². The van der Waals surface area contributed by atoms with Gasteiger partial charge in [-0.3, -0.25) is 9.59 Å². The third-order valence-electron chi connectivity index (χ3n) is 5.96. The van der Waals surface area contributed by atoms with E-state index in [1.54, 1.807) is 26.0 Å². The molecular weight excluding hydrogens is 380 g/mol. The first-order valence-electron chi connectivity index (χ1n) is 9.38. The van der Waals surface area contributed by atoms with Crippen LogP contribution in [-0.4, -0.2) is 45.9 Å². The van der Waals surface area contributed by atoms with Crippen molar-refractivity contribution in [2.45, 2.75) is 44.5 Å². The average Bonchev–Trinajstić information content (AvgIpc) is 3.05. The van der Waals surface area contributed by atoms with Crippen LogP contribution in [0.3, 0.4) is 0 Å². The molecule has 2 heterocycles. The smallest absolute Gasteiger partial charge is 0.336 e. The summed E-state index contributed by atoms with van der Waals surface area (Å²) in [6.45, 7) is 4.12. The van der Waals surface area contributed by atoms with Crippen LogP contribution in [0.25, 0.3) is 11.0 Å². The van der Waals surface area contributed by atoms with Crippen LogP contribution in [-0.2, 0) is 9.53 Å². The van der Waals surface area contributed by atoms with Gasteiger partial charge >= 0.3 is 11.6 Å². The molecule has 0 bridgehead atoms. The molecule has 4 rings (SSSR count). The van der Waals surface area contributed by atoms with E-state index in [2.05, 4.69) is 0 Å². The lowest BCUT2D eigenvalue weighted by molar-refractivity contribution is -0.145. The summed E-state index contributed by atoms with van der Waals surface area (Å²) in [4.78, 5) is 36.3. The Morgan fingerprint density at radius 1 is 1.31 bits per heavy atom. The molecule has 2 N–H and O–H groups in total. The highest BCUT2D eigenvalue weighted by atomic mass is 16.5. The van der Waals surface area contributed by atoms with Crippen molar-refractivity contribution in [2.24, 2.45) is 11.8 Å². The van der Waals surface area contributed by atoms with Gasteiger partial charge in [0.05, 0.1) is 23.2 Å². The molecule has 8 nitrogen and oxygen atoms in total. The zero-order chi connectivity index (χ0) is 21.1. The summed E-state index contributed by atoms with van der Waals surface area (Å²) < 4.78 is 16.4. The van der Waals surface area contributed by atoms with Crippen molar-refractivity contribution in [1.82, 2.24) is 0 Å². The van der Waals surface area contributed by atoms with Crippen LogP contribution < -0.4 is 10.4 Å². The molecular formula is C21H22O8. The Balaban J connectivity index is 1.81. The average molecular weight is 402 g/mol. The molecule has 1 spiro atoms. The van der Waals surface area contributed by atoms with Gasteiger partial charge in [0, 0.05) is 36.8 Å². The second kappa shape index (κ2) is 6.40. The normalized spacial score (nSPS) is 28.6. The van der Waals surface area contributed by atoms with Crippen LogP contribution >= 0.6 is 0 Å². The summed E-state index contributed by atoms with van der Waals surface area (Å²) in [5.41, 5.74) is -2.73. The lowest BCUT2D eigenvalue weighted by Gasteiger charge is -2.29. The fourth-order valence-electron chi connectivity index (χ4n) is 4.47. The Bertz CT molecular complexity index is 1060. The summed E-state index contributed by atoms with van der Waals surface area (Å²) in [6, 6.07) is 5.87. The number of ketones is 1. The molecule has 0 unspecified atom stereocenters. The minimum absolute atomic E-state index is 0.0530. The summed E-state index contributed by atoms with van der Waals surface area (Å²) in [6.07, 6.45) is -1.07. The molecule has 1 aliphatic heterocycles. The fraction of sp³-hybridized carbons (Fsp3) is 0.476. The summed E-state index contributed by atoms with van der Waals surface area (Å²) in [7, 11) is 0. The van der Waals surface area contributed by atoms with Gasteiger partial charge in [-0.1, -0.05) is 0 Å². The third kappa shape index (κ3) is 3.03. The van der Waals surface area contributed by atoms with E-state index in [1.807, 2.05) is 0 Å². The van der Waals surface area contributed by atoms with Crippen molar-refractivity contribution in [2.75, 3.05) is 6.61 Å². The topological polar surface area (TPSA) is 123 Å². The first-order chi connectivity index (χ1) is 13.5. The van der Waals surface area contributed by atoms with E-state index in [0.29, 0.717) is 10.9 Å². The Kier molecular flexibility index (Phi) is 4.32. The van der Waals surface area contributed by atoms with E-state index in [4.69, 9.17) is 13.9 Å². The largest absolute Gasteiger partial charge is 0.478 e. The zero-order valence-corrected chi connectivity index (χ0v) is 16.3. The van der Waals surface area contributed by atoms with Crippen molar-refractivity contribution >= 4 is 22.7 Å². The second-order valence-electron chi connectivity index (χ2n) is 8.33. The van der Waals surface area contributed by atoms with Gasteiger partial charge in [-0.15, -0.1) is 0 Å². The van der Waals surface area contributed by atoms with Crippen LogP contribution in [0.4, 0.5) is 0 Å². The Morgan fingerprint density at radius 3 is 2.69 bits per heavy atom. The number of carbonyl (C=O) groups excluding carboxylic acids is 2. The highest BCUT2D eigenvalue weighted by Crippen LogP contribution is 2.53. The van der Waals surface area contributed by atoms with E-state index in [9.17, 15) is 24.6 Å². The number of aliphatic hydroxyl groups excluding tert-OH is 1. The van der Waals surface area contributed by atoms with Crippen molar-refractivity contribution in [3.05, 3.63) is 40.2 Å². The van der Waals surface area contributed by atoms with Gasteiger partial charge in [-0.25, -0.2) is 4.79 Å². The van der Waals surface area contributed by atoms with E-state index >= 15 is 0 Å². The molecule has 0 radical (unpaired) electrons. The predicted molar refractivity (Wildman–Crippen MR) is 101 cm³/mol. The number of carbonyl (C=O) groups is 2. The molecule has 1 saturated carbocycles. The minimum atomic E-state index is -1.49. The van der Waals surface area contributed by atoms with Crippen molar-refractivity contribution in [1.29, 1.82) is 0 Å². The number of hydrogen-bond donors (Lipinski definition) is 2. The Hall–Kier alpha value is -2.71. The molecule has 1 aliphatic carbocycles. The standard InChI is InChI=1S/C21H22O8/c1-10(22)27-9-14-18(24)13(20(2,3)26)8-21(14)19(25)12-6-11-4-5-17(23)28-15(11)7-16(12)29-21/h4-7,13-14,18,24,26H,8-9H2,1-3H3/t13-,14-,18+,21+/m0/s1. The quantitative estimate of drug-likeness (QED) is 0.584. The number of ether oxygens (including phenoxy) is 2. The molecule has 8 heteroatoms. The first kappa shape index (κ1) is 19.6. The van der Waals surface area contributed by atoms with Gasteiger partial charge in [0.15, 0.2) is 5.60 Å². The molecule has 4 atom stereocenters. The van der Waals surface area contributed by atoms with Gasteiger partial charge < -0.3 is 24.1 Å². The van der Waals surface area contributed by atoms with Crippen molar-refractivity contribution in [3.8, 4) is 5.75 Å². The first-order valence-corrected chi connectivity index (χ1v) is 9.38. The van der Waals surface area contributed by atoms with Gasteiger partial charge in [0.25, 0.3) is 0 Å². The zero-order valence-electron chi connectivity index (χ0n) is 16.3. The molecule has 0 amide bonds. The molecule has 2 aliphatic rings. The predicted octanol–water partition coefficient (Wildman–Crippen LogP) is 1.44.